The Bertz CT molecular complexity index is 413. The van der Waals surface area contributed by atoms with Crippen molar-refractivity contribution < 1.29 is 4.39 Å². The number of halogens is 2. The molecule has 5 heteroatoms. The topological polar surface area (TPSA) is 29.9 Å². The number of hydrogen-bond donors (Lipinski definition) is 1. The second-order valence-corrected chi connectivity index (χ2v) is 5.53. The molecule has 0 bridgehead atoms. The fourth-order valence-corrected chi connectivity index (χ4v) is 3.07. The summed E-state index contributed by atoms with van der Waals surface area (Å²) in [6.45, 7) is 5.69. The molecule has 2 unspecified atom stereocenters. The smallest absolute Gasteiger partial charge is 0.121 e. The third-order valence-corrected chi connectivity index (χ3v) is 4.30. The summed E-state index contributed by atoms with van der Waals surface area (Å²) in [4.78, 5) is 0. The summed E-state index contributed by atoms with van der Waals surface area (Å²) in [5.74, 6) is 0. The second kappa shape index (κ2) is 6.71. The van der Waals surface area contributed by atoms with Gasteiger partial charge in [0.2, 0.25) is 0 Å². The maximum absolute atomic E-state index is 14.4. The van der Waals surface area contributed by atoms with E-state index in [0.717, 1.165) is 50.2 Å². The zero-order valence-electron chi connectivity index (χ0n) is 11.8. The molecule has 0 amide bonds. The number of nitrogens with zero attached hydrogens (tertiary/aromatic N) is 2. The molecular formula is C14H23ClFN3. The molecular weight excluding hydrogens is 265 g/mol. The molecule has 0 spiro atoms. The molecule has 1 N–H and O–H groups in total. The molecule has 0 radical (unpaired) electrons. The van der Waals surface area contributed by atoms with Crippen LogP contribution in [0.2, 0.25) is 5.02 Å². The average Bonchev–Trinajstić information content (AvgIpc) is 2.76. The third-order valence-electron chi connectivity index (χ3n) is 3.87. The normalized spacial score (nSPS) is 21.6. The minimum Gasteiger partial charge on any atom is -0.311 e. The summed E-state index contributed by atoms with van der Waals surface area (Å²) in [5.41, 5.74) is 1.73. The molecule has 1 aliphatic rings. The summed E-state index contributed by atoms with van der Waals surface area (Å²) in [6.07, 6.45) is 3.44. The highest BCUT2D eigenvalue weighted by molar-refractivity contribution is 6.31. The van der Waals surface area contributed by atoms with Gasteiger partial charge in [-0.1, -0.05) is 24.9 Å². The molecule has 2 heterocycles. The lowest BCUT2D eigenvalue weighted by Gasteiger charge is -2.26. The van der Waals surface area contributed by atoms with Crippen LogP contribution in [0.3, 0.4) is 0 Å². The summed E-state index contributed by atoms with van der Waals surface area (Å²) in [6, 6.07) is -0.0323. The van der Waals surface area contributed by atoms with Crippen LogP contribution in [0.4, 0.5) is 4.39 Å². The molecule has 2 rings (SSSR count). The van der Waals surface area contributed by atoms with Crippen LogP contribution < -0.4 is 5.32 Å². The molecule has 1 aromatic rings. The fourth-order valence-electron chi connectivity index (χ4n) is 2.73. The molecule has 0 aromatic carbocycles. The number of alkyl halides is 1. The van der Waals surface area contributed by atoms with Crippen LogP contribution in [-0.4, -0.2) is 28.5 Å². The monoisotopic (exact) mass is 287 g/mol. The first-order valence-electron chi connectivity index (χ1n) is 7.28. The average molecular weight is 288 g/mol. The van der Waals surface area contributed by atoms with E-state index in [0.29, 0.717) is 11.4 Å². The highest BCUT2D eigenvalue weighted by Gasteiger charge is 2.26. The molecule has 2 atom stereocenters. The molecule has 0 aliphatic carbocycles. The van der Waals surface area contributed by atoms with E-state index in [4.69, 9.17) is 11.6 Å². The molecule has 19 heavy (non-hydrogen) atoms. The Morgan fingerprint density at radius 3 is 2.84 bits per heavy atom. The van der Waals surface area contributed by atoms with Gasteiger partial charge in [-0.2, -0.15) is 5.10 Å². The maximum Gasteiger partial charge on any atom is 0.121 e. The van der Waals surface area contributed by atoms with Gasteiger partial charge in [-0.15, -0.1) is 0 Å². The Labute approximate surface area is 119 Å². The first-order chi connectivity index (χ1) is 9.17. The number of rotatable bonds is 5. The van der Waals surface area contributed by atoms with E-state index < -0.39 is 6.17 Å². The summed E-state index contributed by atoms with van der Waals surface area (Å²) in [7, 11) is 0. The van der Waals surface area contributed by atoms with Gasteiger partial charge in [0.25, 0.3) is 0 Å². The summed E-state index contributed by atoms with van der Waals surface area (Å²) >= 11 is 6.32. The minimum absolute atomic E-state index is 0.0323. The van der Waals surface area contributed by atoms with Crippen LogP contribution in [0.15, 0.2) is 0 Å². The molecule has 0 saturated carbocycles. The van der Waals surface area contributed by atoms with E-state index in [1.54, 1.807) is 0 Å². The van der Waals surface area contributed by atoms with E-state index in [1.807, 2.05) is 18.5 Å². The van der Waals surface area contributed by atoms with E-state index >= 15 is 0 Å². The lowest BCUT2D eigenvalue weighted by atomic mass is 9.98. The predicted octanol–water partition coefficient (Wildman–Crippen LogP) is 3.14. The zero-order valence-corrected chi connectivity index (χ0v) is 12.5. The van der Waals surface area contributed by atoms with Gasteiger partial charge in [0.05, 0.1) is 16.4 Å². The number of aryl methyl sites for hydroxylation is 2. The van der Waals surface area contributed by atoms with Crippen molar-refractivity contribution >= 4 is 11.6 Å². The van der Waals surface area contributed by atoms with Gasteiger partial charge in [-0.05, 0) is 32.7 Å². The molecule has 1 aromatic heterocycles. The van der Waals surface area contributed by atoms with Crippen molar-refractivity contribution in [3.8, 4) is 0 Å². The van der Waals surface area contributed by atoms with Crippen molar-refractivity contribution in [2.75, 3.05) is 6.54 Å². The number of nitrogens with one attached hydrogen (secondary N) is 1. The highest BCUT2D eigenvalue weighted by atomic mass is 35.5. The van der Waals surface area contributed by atoms with Crippen LogP contribution >= 0.6 is 11.6 Å². The first kappa shape index (κ1) is 14.8. The Balaban J connectivity index is 2.10. The number of hydrogen-bond acceptors (Lipinski definition) is 2. The Hall–Kier alpha value is -0.610. The summed E-state index contributed by atoms with van der Waals surface area (Å²) in [5, 5.41) is 8.37. The van der Waals surface area contributed by atoms with Crippen molar-refractivity contribution in [2.45, 2.75) is 64.7 Å². The Kier molecular flexibility index (Phi) is 5.22. The van der Waals surface area contributed by atoms with Crippen molar-refractivity contribution in [3.63, 3.8) is 0 Å². The lowest BCUT2D eigenvalue weighted by molar-refractivity contribution is 0.214. The van der Waals surface area contributed by atoms with Crippen molar-refractivity contribution in [2.24, 2.45) is 0 Å². The zero-order chi connectivity index (χ0) is 13.8. The highest BCUT2D eigenvalue weighted by Crippen LogP contribution is 2.25. The molecule has 1 aliphatic heterocycles. The van der Waals surface area contributed by atoms with Crippen molar-refractivity contribution in [1.29, 1.82) is 0 Å². The van der Waals surface area contributed by atoms with Gasteiger partial charge in [0.1, 0.15) is 6.17 Å². The van der Waals surface area contributed by atoms with Crippen LogP contribution in [0.25, 0.3) is 0 Å². The molecule has 3 nitrogen and oxygen atoms in total. The van der Waals surface area contributed by atoms with Crippen molar-refractivity contribution in [3.05, 3.63) is 16.4 Å². The van der Waals surface area contributed by atoms with E-state index in [2.05, 4.69) is 10.4 Å². The lowest BCUT2D eigenvalue weighted by Crippen LogP contribution is -2.42. The third kappa shape index (κ3) is 3.29. The van der Waals surface area contributed by atoms with Gasteiger partial charge < -0.3 is 5.32 Å². The quantitative estimate of drug-likeness (QED) is 0.902. The second-order valence-electron chi connectivity index (χ2n) is 5.15. The minimum atomic E-state index is -0.885. The van der Waals surface area contributed by atoms with E-state index in [-0.39, 0.29) is 6.04 Å². The number of piperidine rings is 1. The molecule has 1 fully saturated rings. The molecule has 108 valence electrons. The SMILES string of the molecule is CCc1nn(CC)c(CC(F)C2CCCCN2)c1Cl. The van der Waals surface area contributed by atoms with Crippen LogP contribution in [0.5, 0.6) is 0 Å². The van der Waals surface area contributed by atoms with Gasteiger partial charge >= 0.3 is 0 Å². The Morgan fingerprint density at radius 1 is 1.47 bits per heavy atom. The van der Waals surface area contributed by atoms with Gasteiger partial charge in [0, 0.05) is 19.0 Å². The summed E-state index contributed by atoms with van der Waals surface area (Å²) < 4.78 is 16.3. The number of aromatic nitrogens is 2. The van der Waals surface area contributed by atoms with Gasteiger partial charge in [-0.3, -0.25) is 4.68 Å². The predicted molar refractivity (Wildman–Crippen MR) is 76.5 cm³/mol. The standard InChI is InChI=1S/C14H23ClFN3/c1-3-11-14(15)13(19(4-2)18-11)9-10(16)12-7-5-6-8-17-12/h10,12,17H,3-9H2,1-2H3. The Morgan fingerprint density at radius 2 is 2.26 bits per heavy atom. The van der Waals surface area contributed by atoms with Crippen LogP contribution in [0, 0.1) is 0 Å². The van der Waals surface area contributed by atoms with Crippen LogP contribution in [0.1, 0.15) is 44.5 Å². The van der Waals surface area contributed by atoms with Crippen LogP contribution in [-0.2, 0) is 19.4 Å². The van der Waals surface area contributed by atoms with E-state index in [1.165, 1.54) is 0 Å². The van der Waals surface area contributed by atoms with Gasteiger partial charge in [0.15, 0.2) is 0 Å². The largest absolute Gasteiger partial charge is 0.311 e. The molecule has 1 saturated heterocycles. The van der Waals surface area contributed by atoms with Crippen molar-refractivity contribution in [1.82, 2.24) is 15.1 Å². The fraction of sp³-hybridized carbons (Fsp3) is 0.786. The van der Waals surface area contributed by atoms with E-state index in [9.17, 15) is 4.39 Å². The van der Waals surface area contributed by atoms with Gasteiger partial charge in [-0.25, -0.2) is 4.39 Å². The first-order valence-corrected chi connectivity index (χ1v) is 7.66. The maximum atomic E-state index is 14.4.